The number of hydrogen-bond donors (Lipinski definition) is 2. The summed E-state index contributed by atoms with van der Waals surface area (Å²) in [7, 11) is 0. The quantitative estimate of drug-likeness (QED) is 0.688. The Morgan fingerprint density at radius 1 is 1.33 bits per heavy atom. The van der Waals surface area contributed by atoms with Crippen LogP contribution in [0.1, 0.15) is 18.1 Å². The maximum atomic E-state index is 11.0. The summed E-state index contributed by atoms with van der Waals surface area (Å²) in [5.41, 5.74) is 0.669. The number of phenols is 1. The monoisotopic (exact) mass is 206 g/mol. The minimum atomic E-state index is -0.563. The van der Waals surface area contributed by atoms with E-state index in [1.54, 1.807) is 12.1 Å². The Morgan fingerprint density at radius 2 is 2.13 bits per heavy atom. The van der Waals surface area contributed by atoms with Gasteiger partial charge < -0.3 is 14.9 Å². The lowest BCUT2D eigenvalue weighted by atomic mass is 10.0. The molecule has 4 nitrogen and oxygen atoms in total. The zero-order valence-electron chi connectivity index (χ0n) is 7.88. The zero-order chi connectivity index (χ0) is 10.8. The molecule has 0 saturated carbocycles. The third-order valence-electron chi connectivity index (χ3n) is 2.18. The molecule has 2 rings (SSSR count). The number of carbonyl (C=O) groups excluding carboxylic acids is 1. The molecule has 2 N–H and O–H groups in total. The molecule has 15 heavy (non-hydrogen) atoms. The summed E-state index contributed by atoms with van der Waals surface area (Å²) in [6.45, 7) is 0. The van der Waals surface area contributed by atoms with E-state index in [4.69, 9.17) is 4.74 Å². The van der Waals surface area contributed by atoms with Gasteiger partial charge in [0.2, 0.25) is 0 Å². The number of phenolic OH excluding ortho intramolecular Hbond substituents is 1. The van der Waals surface area contributed by atoms with Gasteiger partial charge in [-0.25, -0.2) is 4.79 Å². The second kappa shape index (κ2) is 3.65. The van der Waals surface area contributed by atoms with Crippen molar-refractivity contribution in [1.82, 2.24) is 0 Å². The molecule has 0 aliphatic carbocycles. The standard InChI is InChI=1S/C11H10O4/c12-8-3-1-2-7(4-8)10-5-9(13)6-11(14)15-10/h1-4,6,10,12-13H,5H2. The molecule has 78 valence electrons. The van der Waals surface area contributed by atoms with E-state index >= 15 is 0 Å². The summed E-state index contributed by atoms with van der Waals surface area (Å²) >= 11 is 0. The molecular weight excluding hydrogens is 196 g/mol. The number of carbonyl (C=O) groups is 1. The minimum Gasteiger partial charge on any atom is -0.512 e. The highest BCUT2D eigenvalue weighted by Crippen LogP contribution is 2.29. The number of benzene rings is 1. The van der Waals surface area contributed by atoms with Crippen LogP contribution in [0.25, 0.3) is 0 Å². The average molecular weight is 206 g/mol. The van der Waals surface area contributed by atoms with Gasteiger partial charge in [-0.3, -0.25) is 0 Å². The first-order chi connectivity index (χ1) is 7.15. The van der Waals surface area contributed by atoms with E-state index in [-0.39, 0.29) is 17.9 Å². The Labute approximate surface area is 86.4 Å². The summed E-state index contributed by atoms with van der Waals surface area (Å²) < 4.78 is 5.01. The summed E-state index contributed by atoms with van der Waals surface area (Å²) in [6.07, 6.45) is 0.781. The zero-order valence-corrected chi connectivity index (χ0v) is 7.88. The van der Waals surface area contributed by atoms with Crippen LogP contribution in [0.4, 0.5) is 0 Å². The lowest BCUT2D eigenvalue weighted by Crippen LogP contribution is -2.15. The first kappa shape index (κ1) is 9.58. The number of aliphatic hydroxyl groups excluding tert-OH is 1. The fourth-order valence-electron chi connectivity index (χ4n) is 1.51. The number of esters is 1. The normalized spacial score (nSPS) is 20.7. The highest BCUT2D eigenvalue weighted by atomic mass is 16.5. The molecular formula is C11H10O4. The molecule has 1 aromatic carbocycles. The van der Waals surface area contributed by atoms with Crippen molar-refractivity contribution in [2.24, 2.45) is 0 Å². The Balaban J connectivity index is 2.26. The minimum absolute atomic E-state index is 0.000377. The number of rotatable bonds is 1. The van der Waals surface area contributed by atoms with Crippen molar-refractivity contribution in [2.75, 3.05) is 0 Å². The van der Waals surface area contributed by atoms with E-state index in [2.05, 4.69) is 0 Å². The molecule has 1 heterocycles. The maximum Gasteiger partial charge on any atom is 0.334 e. The summed E-state index contributed by atoms with van der Waals surface area (Å²) in [5, 5.41) is 18.5. The van der Waals surface area contributed by atoms with Crippen molar-refractivity contribution < 1.29 is 19.7 Å². The lowest BCUT2D eigenvalue weighted by molar-refractivity contribution is -0.145. The number of aliphatic hydroxyl groups is 1. The molecule has 1 aliphatic rings. The van der Waals surface area contributed by atoms with E-state index in [1.165, 1.54) is 12.1 Å². The van der Waals surface area contributed by atoms with Gasteiger partial charge in [-0.2, -0.15) is 0 Å². The number of ether oxygens (including phenoxy) is 1. The summed E-state index contributed by atoms with van der Waals surface area (Å²) in [6, 6.07) is 6.44. The highest BCUT2D eigenvalue weighted by Gasteiger charge is 2.22. The van der Waals surface area contributed by atoms with Crippen molar-refractivity contribution in [1.29, 1.82) is 0 Å². The van der Waals surface area contributed by atoms with Gasteiger partial charge in [-0.05, 0) is 17.7 Å². The Hall–Kier alpha value is -1.97. The Kier molecular flexibility index (Phi) is 2.33. The van der Waals surface area contributed by atoms with Crippen LogP contribution in [0.2, 0.25) is 0 Å². The van der Waals surface area contributed by atoms with Gasteiger partial charge in [-0.15, -0.1) is 0 Å². The lowest BCUT2D eigenvalue weighted by Gasteiger charge is -2.20. The van der Waals surface area contributed by atoms with Crippen LogP contribution < -0.4 is 0 Å². The molecule has 1 atom stereocenters. The third-order valence-corrected chi connectivity index (χ3v) is 2.18. The van der Waals surface area contributed by atoms with Crippen LogP contribution in [0.15, 0.2) is 36.1 Å². The largest absolute Gasteiger partial charge is 0.512 e. The molecule has 0 saturated heterocycles. The van der Waals surface area contributed by atoms with Gasteiger partial charge in [0.15, 0.2) is 0 Å². The highest BCUT2D eigenvalue weighted by molar-refractivity contribution is 5.83. The van der Waals surface area contributed by atoms with Gasteiger partial charge in [0.25, 0.3) is 0 Å². The van der Waals surface area contributed by atoms with Crippen molar-refractivity contribution in [3.8, 4) is 5.75 Å². The van der Waals surface area contributed by atoms with Gasteiger partial charge in [-0.1, -0.05) is 12.1 Å². The van der Waals surface area contributed by atoms with Gasteiger partial charge in [0.05, 0.1) is 6.08 Å². The summed E-state index contributed by atoms with van der Waals surface area (Å²) in [4.78, 5) is 11.0. The van der Waals surface area contributed by atoms with Crippen LogP contribution in [0.5, 0.6) is 5.75 Å². The SMILES string of the molecule is O=C1C=C(O)CC(c2cccc(O)c2)O1. The predicted octanol–water partition coefficient (Wildman–Crippen LogP) is 1.82. The van der Waals surface area contributed by atoms with Crippen molar-refractivity contribution >= 4 is 5.97 Å². The van der Waals surface area contributed by atoms with Crippen molar-refractivity contribution in [2.45, 2.75) is 12.5 Å². The fraction of sp³-hybridized carbons (Fsp3) is 0.182. The maximum absolute atomic E-state index is 11.0. The predicted molar refractivity (Wildman–Crippen MR) is 52.3 cm³/mol. The smallest absolute Gasteiger partial charge is 0.334 e. The van der Waals surface area contributed by atoms with Crippen LogP contribution in [0.3, 0.4) is 0 Å². The number of hydrogen-bond acceptors (Lipinski definition) is 4. The second-order valence-corrected chi connectivity index (χ2v) is 3.36. The van der Waals surface area contributed by atoms with Crippen LogP contribution in [-0.4, -0.2) is 16.2 Å². The first-order valence-corrected chi connectivity index (χ1v) is 4.54. The molecule has 0 amide bonds. The van der Waals surface area contributed by atoms with Gasteiger partial charge in [0.1, 0.15) is 17.6 Å². The topological polar surface area (TPSA) is 66.8 Å². The third kappa shape index (κ3) is 2.10. The van der Waals surface area contributed by atoms with Crippen molar-refractivity contribution in [3.63, 3.8) is 0 Å². The van der Waals surface area contributed by atoms with Gasteiger partial charge >= 0.3 is 5.97 Å². The molecule has 0 radical (unpaired) electrons. The molecule has 1 aromatic rings. The van der Waals surface area contributed by atoms with Gasteiger partial charge in [0, 0.05) is 6.42 Å². The molecule has 1 aliphatic heterocycles. The molecule has 0 bridgehead atoms. The summed E-state index contributed by atoms with van der Waals surface area (Å²) in [5.74, 6) is -0.454. The van der Waals surface area contributed by atoms with Crippen molar-refractivity contribution in [3.05, 3.63) is 41.7 Å². The van der Waals surface area contributed by atoms with E-state index in [9.17, 15) is 15.0 Å². The molecule has 4 heteroatoms. The Bertz CT molecular complexity index is 422. The number of aromatic hydroxyl groups is 1. The van der Waals surface area contributed by atoms with E-state index in [1.807, 2.05) is 0 Å². The van der Waals surface area contributed by atoms with E-state index in [0.717, 1.165) is 6.08 Å². The second-order valence-electron chi connectivity index (χ2n) is 3.36. The average Bonchev–Trinajstić information content (AvgIpc) is 2.16. The fourth-order valence-corrected chi connectivity index (χ4v) is 1.51. The molecule has 0 spiro atoms. The van der Waals surface area contributed by atoms with Crippen LogP contribution >= 0.6 is 0 Å². The Morgan fingerprint density at radius 3 is 2.80 bits per heavy atom. The molecule has 0 aromatic heterocycles. The first-order valence-electron chi connectivity index (χ1n) is 4.54. The molecule has 0 fully saturated rings. The number of cyclic esters (lactones) is 1. The molecule has 1 unspecified atom stereocenters. The van der Waals surface area contributed by atoms with Crippen LogP contribution in [0, 0.1) is 0 Å². The van der Waals surface area contributed by atoms with E-state index < -0.39 is 12.1 Å². The van der Waals surface area contributed by atoms with E-state index in [0.29, 0.717) is 5.56 Å². The van der Waals surface area contributed by atoms with Crippen LogP contribution in [-0.2, 0) is 9.53 Å².